The Morgan fingerprint density at radius 1 is 1.29 bits per heavy atom. The highest BCUT2D eigenvalue weighted by atomic mass is 32.2. The number of ether oxygens (including phenoxy) is 1. The zero-order valence-corrected chi connectivity index (χ0v) is 17.5. The van der Waals surface area contributed by atoms with Crippen LogP contribution in [0.4, 0.5) is 5.95 Å². The molecule has 1 N–H and O–H groups in total. The maximum Gasteiger partial charge on any atom is 0.245 e. The zero-order chi connectivity index (χ0) is 19.9. The van der Waals surface area contributed by atoms with Gasteiger partial charge in [0.1, 0.15) is 12.1 Å². The van der Waals surface area contributed by atoms with Crippen molar-refractivity contribution in [2.24, 2.45) is 0 Å². The lowest BCUT2D eigenvalue weighted by atomic mass is 10.1. The number of nitrogens with zero attached hydrogens (tertiary/aromatic N) is 3. The second kappa shape index (κ2) is 9.89. The molecule has 2 unspecified atom stereocenters. The van der Waals surface area contributed by atoms with Gasteiger partial charge in [0.25, 0.3) is 0 Å². The van der Waals surface area contributed by atoms with Gasteiger partial charge in [-0.3, -0.25) is 4.79 Å². The van der Waals surface area contributed by atoms with Crippen molar-refractivity contribution >= 4 is 23.6 Å². The largest absolute Gasteiger partial charge is 0.370 e. The molecule has 3 rings (SSSR count). The molecule has 0 saturated carbocycles. The fourth-order valence-electron chi connectivity index (χ4n) is 3.38. The van der Waals surface area contributed by atoms with E-state index in [2.05, 4.69) is 21.5 Å². The molecule has 1 aromatic heterocycles. The molecule has 1 aliphatic heterocycles. The molecule has 0 bridgehead atoms. The van der Waals surface area contributed by atoms with Crippen LogP contribution in [0.2, 0.25) is 0 Å². The summed E-state index contributed by atoms with van der Waals surface area (Å²) in [4.78, 5) is 24.1. The van der Waals surface area contributed by atoms with Crippen molar-refractivity contribution in [2.45, 2.75) is 32.4 Å². The van der Waals surface area contributed by atoms with Crippen LogP contribution in [0, 0.1) is 13.8 Å². The van der Waals surface area contributed by atoms with Crippen molar-refractivity contribution in [2.75, 3.05) is 37.0 Å². The molecule has 0 aliphatic carbocycles. The molecule has 2 atom stereocenters. The van der Waals surface area contributed by atoms with Crippen LogP contribution in [0.3, 0.4) is 0 Å². The summed E-state index contributed by atoms with van der Waals surface area (Å²) in [5.41, 5.74) is 2.88. The Hall–Kier alpha value is -2.12. The Balaban J connectivity index is 1.72. The predicted octanol–water partition coefficient (Wildman–Crippen LogP) is 3.23. The number of thioether (sulfide) groups is 1. The molecule has 0 radical (unpaired) electrons. The summed E-state index contributed by atoms with van der Waals surface area (Å²) >= 11 is 1.73. The maximum absolute atomic E-state index is 13.3. The molecule has 6 nitrogen and oxygen atoms in total. The van der Waals surface area contributed by atoms with Crippen molar-refractivity contribution in [3.05, 3.63) is 53.3 Å². The number of nitrogens with one attached hydrogen (secondary N) is 1. The van der Waals surface area contributed by atoms with E-state index < -0.39 is 0 Å². The van der Waals surface area contributed by atoms with Gasteiger partial charge in [-0.1, -0.05) is 30.3 Å². The number of morpholine rings is 1. The lowest BCUT2D eigenvalue weighted by molar-refractivity contribution is -0.139. The minimum absolute atomic E-state index is 0.0843. The number of hydrogen-bond acceptors (Lipinski definition) is 6. The van der Waals surface area contributed by atoms with E-state index in [1.54, 1.807) is 11.8 Å². The van der Waals surface area contributed by atoms with Gasteiger partial charge in [-0.15, -0.1) is 0 Å². The van der Waals surface area contributed by atoms with Gasteiger partial charge in [0.05, 0.1) is 13.2 Å². The van der Waals surface area contributed by atoms with Crippen molar-refractivity contribution in [3.63, 3.8) is 0 Å². The first-order valence-electron chi connectivity index (χ1n) is 9.60. The highest BCUT2D eigenvalue weighted by Gasteiger charge is 2.30. The highest BCUT2D eigenvalue weighted by Crippen LogP contribution is 2.23. The highest BCUT2D eigenvalue weighted by molar-refractivity contribution is 7.98. The van der Waals surface area contributed by atoms with Gasteiger partial charge in [0.15, 0.2) is 0 Å². The Morgan fingerprint density at radius 2 is 2.00 bits per heavy atom. The first-order chi connectivity index (χ1) is 13.6. The average Bonchev–Trinajstić information content (AvgIpc) is 2.70. The molecule has 1 aromatic carbocycles. The van der Waals surface area contributed by atoms with E-state index in [1.165, 1.54) is 0 Å². The number of aromatic nitrogens is 2. The van der Waals surface area contributed by atoms with Crippen LogP contribution in [0.25, 0.3) is 0 Å². The zero-order valence-electron chi connectivity index (χ0n) is 16.7. The first kappa shape index (κ1) is 20.6. The molecule has 150 valence electrons. The summed E-state index contributed by atoms with van der Waals surface area (Å²) in [5.74, 6) is 1.49. The second-order valence-electron chi connectivity index (χ2n) is 7.01. The molecular weight excluding hydrogens is 372 g/mol. The average molecular weight is 401 g/mol. The smallest absolute Gasteiger partial charge is 0.245 e. The maximum atomic E-state index is 13.3. The number of rotatable bonds is 7. The number of hydrogen-bond donors (Lipinski definition) is 1. The number of amides is 1. The van der Waals surface area contributed by atoms with Crippen molar-refractivity contribution in [1.82, 2.24) is 14.9 Å². The number of anilines is 1. The Kier molecular flexibility index (Phi) is 7.28. The molecule has 28 heavy (non-hydrogen) atoms. The van der Waals surface area contributed by atoms with E-state index in [-0.39, 0.29) is 18.1 Å². The molecule has 2 aromatic rings. The van der Waals surface area contributed by atoms with E-state index >= 15 is 0 Å². The summed E-state index contributed by atoms with van der Waals surface area (Å²) in [6.07, 6.45) is 2.69. The van der Waals surface area contributed by atoms with Gasteiger partial charge in [-0.25, -0.2) is 9.97 Å². The molecule has 0 spiro atoms. The number of carbonyl (C=O) groups excluding carboxylic acids is 1. The lowest BCUT2D eigenvalue weighted by Gasteiger charge is -2.35. The second-order valence-corrected chi connectivity index (χ2v) is 7.99. The van der Waals surface area contributed by atoms with E-state index in [4.69, 9.17) is 4.74 Å². The van der Waals surface area contributed by atoms with Gasteiger partial charge in [0.2, 0.25) is 11.9 Å². The van der Waals surface area contributed by atoms with Crippen LogP contribution in [0.1, 0.15) is 29.5 Å². The number of aryl methyl sites for hydroxylation is 2. The van der Waals surface area contributed by atoms with E-state index in [9.17, 15) is 4.79 Å². The van der Waals surface area contributed by atoms with Gasteiger partial charge in [-0.2, -0.15) is 11.8 Å². The Morgan fingerprint density at radius 3 is 2.68 bits per heavy atom. The van der Waals surface area contributed by atoms with Gasteiger partial charge in [-0.05, 0) is 43.9 Å². The summed E-state index contributed by atoms with van der Waals surface area (Å²) in [5, 5.41) is 3.28. The van der Waals surface area contributed by atoms with Crippen LogP contribution in [-0.4, -0.2) is 58.5 Å². The van der Waals surface area contributed by atoms with Crippen molar-refractivity contribution < 1.29 is 9.53 Å². The Bertz CT molecular complexity index is 767. The fraction of sp³-hybridized carbons (Fsp3) is 0.476. The van der Waals surface area contributed by atoms with Crippen LogP contribution in [0.5, 0.6) is 0 Å². The van der Waals surface area contributed by atoms with E-state index in [0.29, 0.717) is 25.6 Å². The summed E-state index contributed by atoms with van der Waals surface area (Å²) in [6, 6.07) is 11.7. The topological polar surface area (TPSA) is 67.4 Å². The minimum atomic E-state index is -0.344. The number of carbonyl (C=O) groups is 1. The number of benzene rings is 1. The van der Waals surface area contributed by atoms with E-state index in [1.807, 2.05) is 55.1 Å². The SMILES string of the molecule is CSCCC(Nc1nc(C)cc(C)n1)C(=O)N1CCOC(c2ccccc2)C1. The molecule has 2 heterocycles. The van der Waals surface area contributed by atoms with Crippen molar-refractivity contribution in [3.8, 4) is 0 Å². The fourth-order valence-corrected chi connectivity index (χ4v) is 3.85. The van der Waals surface area contributed by atoms with Crippen LogP contribution < -0.4 is 5.32 Å². The molecule has 1 fully saturated rings. The lowest BCUT2D eigenvalue weighted by Crippen LogP contribution is -2.49. The predicted molar refractivity (Wildman–Crippen MR) is 114 cm³/mol. The molecule has 1 saturated heterocycles. The minimum Gasteiger partial charge on any atom is -0.370 e. The quantitative estimate of drug-likeness (QED) is 0.770. The van der Waals surface area contributed by atoms with Gasteiger partial charge >= 0.3 is 0 Å². The van der Waals surface area contributed by atoms with Crippen LogP contribution >= 0.6 is 11.8 Å². The van der Waals surface area contributed by atoms with Gasteiger partial charge in [0, 0.05) is 17.9 Å². The third-order valence-electron chi connectivity index (χ3n) is 4.74. The third-order valence-corrected chi connectivity index (χ3v) is 5.39. The normalized spacial score (nSPS) is 18.0. The summed E-state index contributed by atoms with van der Waals surface area (Å²) < 4.78 is 5.91. The molecule has 1 amide bonds. The summed E-state index contributed by atoms with van der Waals surface area (Å²) in [7, 11) is 0. The van der Waals surface area contributed by atoms with Crippen molar-refractivity contribution in [1.29, 1.82) is 0 Å². The van der Waals surface area contributed by atoms with Crippen LogP contribution in [-0.2, 0) is 9.53 Å². The molecule has 7 heteroatoms. The van der Waals surface area contributed by atoms with Crippen LogP contribution in [0.15, 0.2) is 36.4 Å². The Labute approximate surface area is 171 Å². The monoisotopic (exact) mass is 400 g/mol. The van der Waals surface area contributed by atoms with Gasteiger partial charge < -0.3 is 15.0 Å². The molecule has 1 aliphatic rings. The third kappa shape index (κ3) is 5.45. The first-order valence-corrected chi connectivity index (χ1v) is 11.0. The summed E-state index contributed by atoms with van der Waals surface area (Å²) in [6.45, 7) is 5.58. The van der Waals surface area contributed by atoms with E-state index in [0.717, 1.165) is 29.1 Å². The molecular formula is C21H28N4O2S. The standard InChI is InChI=1S/C21H28N4O2S/c1-15-13-16(2)23-21(22-15)24-18(9-12-28-3)20(26)25-10-11-27-19(14-25)17-7-5-4-6-8-17/h4-8,13,18-19H,9-12,14H2,1-3H3,(H,22,23,24).